The highest BCUT2D eigenvalue weighted by atomic mass is 32.2. The molecule has 0 saturated heterocycles. The van der Waals surface area contributed by atoms with Crippen molar-refractivity contribution in [2.24, 2.45) is 5.92 Å². The fourth-order valence-electron chi connectivity index (χ4n) is 3.88. The normalized spacial score (nSPS) is 22.0. The number of carbonyl (C=O) groups excluding carboxylic acids is 2. The molecule has 0 unspecified atom stereocenters. The van der Waals surface area contributed by atoms with E-state index in [0.717, 1.165) is 6.07 Å². The highest BCUT2D eigenvalue weighted by Crippen LogP contribution is 2.28. The van der Waals surface area contributed by atoms with E-state index in [2.05, 4.69) is 5.32 Å². The van der Waals surface area contributed by atoms with Gasteiger partial charge in [-0.25, -0.2) is 13.2 Å². The minimum absolute atomic E-state index is 0.0392. The predicted molar refractivity (Wildman–Crippen MR) is 132 cm³/mol. The molecule has 1 heterocycles. The number of fused-ring (bicyclic) bond motifs is 1. The monoisotopic (exact) mass is 552 g/mol. The van der Waals surface area contributed by atoms with Crippen molar-refractivity contribution in [1.82, 2.24) is 15.1 Å². The van der Waals surface area contributed by atoms with E-state index in [1.165, 1.54) is 24.1 Å². The lowest BCUT2D eigenvalue weighted by Gasteiger charge is -2.36. The summed E-state index contributed by atoms with van der Waals surface area (Å²) in [5.74, 6) is -2.70. The fourth-order valence-corrected chi connectivity index (χ4v) is 4.87. The number of carbonyl (C=O) groups is 2. The molecule has 2 N–H and O–H groups in total. The van der Waals surface area contributed by atoms with E-state index >= 15 is 0 Å². The number of likely N-dealkylation sites (N-methyl/N-ethyl adjacent to an activating group) is 1. The van der Waals surface area contributed by atoms with Crippen LogP contribution in [0.25, 0.3) is 0 Å². The van der Waals surface area contributed by atoms with Gasteiger partial charge in [-0.3, -0.25) is 9.52 Å². The molecule has 10 nitrogen and oxygen atoms in total. The molecule has 37 heavy (non-hydrogen) atoms. The van der Waals surface area contributed by atoms with Gasteiger partial charge in [-0.15, -0.1) is 0 Å². The molecular weight excluding hydrogens is 517 g/mol. The van der Waals surface area contributed by atoms with Gasteiger partial charge in [0.05, 0.1) is 23.4 Å². The Morgan fingerprint density at radius 2 is 1.89 bits per heavy atom. The van der Waals surface area contributed by atoms with Crippen LogP contribution in [0, 0.1) is 5.92 Å². The number of urea groups is 1. The van der Waals surface area contributed by atoms with E-state index in [4.69, 9.17) is 9.47 Å². The van der Waals surface area contributed by atoms with Crippen LogP contribution in [0.3, 0.4) is 0 Å². The van der Waals surface area contributed by atoms with Gasteiger partial charge < -0.3 is 24.6 Å². The van der Waals surface area contributed by atoms with E-state index in [0.29, 0.717) is 6.54 Å². The van der Waals surface area contributed by atoms with Crippen molar-refractivity contribution < 1.29 is 40.7 Å². The lowest BCUT2D eigenvalue weighted by molar-refractivity contribution is -0.106. The van der Waals surface area contributed by atoms with E-state index in [1.54, 1.807) is 18.9 Å². The number of nitrogens with zero attached hydrogens (tertiary/aromatic N) is 2. The molecule has 0 spiro atoms. The number of benzene rings is 1. The molecule has 0 fully saturated rings. The number of alkyl halides is 3. The first-order chi connectivity index (χ1) is 17.0. The van der Waals surface area contributed by atoms with Gasteiger partial charge in [-0.2, -0.15) is 13.2 Å². The Hall–Kier alpha value is -2.74. The summed E-state index contributed by atoms with van der Waals surface area (Å²) < 4.78 is 75.2. The Morgan fingerprint density at radius 1 is 1.24 bits per heavy atom. The molecule has 0 aromatic heterocycles. The third-order valence-corrected chi connectivity index (χ3v) is 7.00. The van der Waals surface area contributed by atoms with E-state index < -0.39 is 40.0 Å². The molecule has 14 heteroatoms. The van der Waals surface area contributed by atoms with Crippen molar-refractivity contribution in [1.29, 1.82) is 0 Å². The molecule has 210 valence electrons. The fraction of sp³-hybridized carbons (Fsp3) is 0.652. The SMILES string of the molecule is CO[C@@H]1CN(C)C(=O)c2ccc(NS(=O)(=O)CC(F)(F)F)cc2OC[C@@H](C)N(C(=O)NC(C)C)C[C@@H]1C. The third-order valence-electron chi connectivity index (χ3n) is 5.75. The Morgan fingerprint density at radius 3 is 2.46 bits per heavy atom. The van der Waals surface area contributed by atoms with Crippen LogP contribution in [-0.4, -0.2) is 94.1 Å². The number of nitrogens with one attached hydrogen (secondary N) is 2. The van der Waals surface area contributed by atoms with Gasteiger partial charge in [0.15, 0.2) is 5.75 Å². The molecular formula is C23H35F3N4O6S. The van der Waals surface area contributed by atoms with Gasteiger partial charge in [0.25, 0.3) is 5.91 Å². The Kier molecular flexibility index (Phi) is 10.1. The van der Waals surface area contributed by atoms with Gasteiger partial charge in [0.2, 0.25) is 10.0 Å². The van der Waals surface area contributed by atoms with Crippen LogP contribution in [0.5, 0.6) is 5.75 Å². The van der Waals surface area contributed by atoms with Crippen molar-refractivity contribution in [2.45, 2.75) is 52.1 Å². The Labute approximate surface area is 215 Å². The standard InChI is InChI=1S/C23H35F3N4O6S/c1-14(2)27-22(32)30-10-15(3)20(35-6)11-29(5)21(31)18-8-7-17(9-19(18)36-12-16(30)4)28-37(33,34)13-23(24,25)26/h7-9,14-16,20,28H,10-13H2,1-6H3,(H,27,32)/t15-,16+,20+/m0/s1. The van der Waals surface area contributed by atoms with Crippen molar-refractivity contribution >= 4 is 27.6 Å². The molecule has 1 aromatic carbocycles. The Balaban J connectivity index is 2.46. The number of ether oxygens (including phenoxy) is 2. The maximum absolute atomic E-state index is 13.2. The highest BCUT2D eigenvalue weighted by Gasteiger charge is 2.35. The van der Waals surface area contributed by atoms with Crippen LogP contribution in [0.1, 0.15) is 38.1 Å². The molecule has 3 amide bonds. The lowest BCUT2D eigenvalue weighted by Crippen LogP contribution is -2.52. The number of methoxy groups -OCH3 is 1. The minimum Gasteiger partial charge on any atom is -0.491 e. The van der Waals surface area contributed by atoms with Gasteiger partial charge >= 0.3 is 12.2 Å². The van der Waals surface area contributed by atoms with Crippen LogP contribution < -0.4 is 14.8 Å². The first-order valence-electron chi connectivity index (χ1n) is 11.7. The van der Waals surface area contributed by atoms with Crippen molar-refractivity contribution in [3.05, 3.63) is 23.8 Å². The quantitative estimate of drug-likeness (QED) is 0.580. The lowest BCUT2D eigenvalue weighted by atomic mass is 10.0. The molecule has 0 aliphatic carbocycles. The maximum Gasteiger partial charge on any atom is 0.404 e. The zero-order chi connectivity index (χ0) is 28.1. The van der Waals surface area contributed by atoms with E-state index in [1.807, 2.05) is 25.5 Å². The molecule has 0 saturated carbocycles. The number of halogens is 3. The molecule has 3 atom stereocenters. The zero-order valence-corrected chi connectivity index (χ0v) is 22.6. The summed E-state index contributed by atoms with van der Waals surface area (Å²) in [5, 5.41) is 2.85. The van der Waals surface area contributed by atoms with Crippen LogP contribution in [0.4, 0.5) is 23.7 Å². The van der Waals surface area contributed by atoms with Gasteiger partial charge in [-0.1, -0.05) is 6.92 Å². The molecule has 0 radical (unpaired) electrons. The number of rotatable bonds is 5. The molecule has 1 aromatic rings. The highest BCUT2D eigenvalue weighted by molar-refractivity contribution is 7.92. The van der Waals surface area contributed by atoms with Crippen LogP contribution in [0.2, 0.25) is 0 Å². The average molecular weight is 553 g/mol. The van der Waals surface area contributed by atoms with Gasteiger partial charge in [-0.05, 0) is 32.9 Å². The van der Waals surface area contributed by atoms with Crippen molar-refractivity contribution in [2.75, 3.05) is 44.3 Å². The molecule has 1 aliphatic heterocycles. The number of sulfonamides is 1. The zero-order valence-electron chi connectivity index (χ0n) is 21.8. The molecule has 0 bridgehead atoms. The van der Waals surface area contributed by atoms with Crippen LogP contribution >= 0.6 is 0 Å². The first-order valence-corrected chi connectivity index (χ1v) is 13.4. The first kappa shape index (κ1) is 30.5. The summed E-state index contributed by atoms with van der Waals surface area (Å²) in [6, 6.07) is 2.71. The van der Waals surface area contributed by atoms with Gasteiger partial charge in [0, 0.05) is 45.3 Å². The number of hydrogen-bond acceptors (Lipinski definition) is 6. The summed E-state index contributed by atoms with van der Waals surface area (Å²) in [6.07, 6.45) is -5.34. The number of hydrogen-bond donors (Lipinski definition) is 2. The second-order valence-electron chi connectivity index (χ2n) is 9.54. The summed E-state index contributed by atoms with van der Waals surface area (Å²) in [4.78, 5) is 29.2. The van der Waals surface area contributed by atoms with E-state index in [-0.39, 0.29) is 48.1 Å². The topological polar surface area (TPSA) is 117 Å². The largest absolute Gasteiger partial charge is 0.491 e. The smallest absolute Gasteiger partial charge is 0.404 e. The average Bonchev–Trinajstić information content (AvgIpc) is 2.75. The van der Waals surface area contributed by atoms with Crippen molar-refractivity contribution in [3.8, 4) is 5.75 Å². The van der Waals surface area contributed by atoms with Crippen LogP contribution in [-0.2, 0) is 14.8 Å². The second-order valence-corrected chi connectivity index (χ2v) is 11.3. The molecule has 2 rings (SSSR count). The Bertz CT molecular complexity index is 1070. The molecule has 1 aliphatic rings. The second kappa shape index (κ2) is 12.2. The summed E-state index contributed by atoms with van der Waals surface area (Å²) >= 11 is 0. The van der Waals surface area contributed by atoms with Gasteiger partial charge in [0.1, 0.15) is 12.4 Å². The predicted octanol–water partition coefficient (Wildman–Crippen LogP) is 2.91. The van der Waals surface area contributed by atoms with E-state index in [9.17, 15) is 31.2 Å². The van der Waals surface area contributed by atoms with Crippen molar-refractivity contribution in [3.63, 3.8) is 0 Å². The van der Waals surface area contributed by atoms with Crippen LogP contribution in [0.15, 0.2) is 18.2 Å². The summed E-state index contributed by atoms with van der Waals surface area (Å²) in [7, 11) is -1.67. The minimum atomic E-state index is -4.93. The maximum atomic E-state index is 13.2. The third kappa shape index (κ3) is 8.95. The summed E-state index contributed by atoms with van der Waals surface area (Å²) in [6.45, 7) is 7.74. The number of amides is 3. The summed E-state index contributed by atoms with van der Waals surface area (Å²) in [5.41, 5.74) is -0.120. The number of anilines is 1.